The van der Waals surface area contributed by atoms with Gasteiger partial charge in [-0.2, -0.15) is 0 Å². The Kier molecular flexibility index (Phi) is 8.55. The van der Waals surface area contributed by atoms with Gasteiger partial charge in [0.2, 0.25) is 5.91 Å². The molecule has 0 radical (unpaired) electrons. The Morgan fingerprint density at radius 3 is 2.07 bits per heavy atom. The summed E-state index contributed by atoms with van der Waals surface area (Å²) < 4.78 is 6.84. The van der Waals surface area contributed by atoms with E-state index in [1.54, 1.807) is 0 Å². The molecule has 166 valence electrons. The zero-order chi connectivity index (χ0) is 22.5. The predicted molar refractivity (Wildman–Crippen MR) is 132 cm³/mol. The first kappa shape index (κ1) is 24.9. The van der Waals surface area contributed by atoms with Crippen LogP contribution in [0.25, 0.3) is 0 Å². The molecule has 0 saturated carbocycles. The average Bonchev–Trinajstić information content (AvgIpc) is 2.73. The molecule has 3 nitrogen and oxygen atoms in total. The molecule has 2 rings (SSSR count). The summed E-state index contributed by atoms with van der Waals surface area (Å²) in [4.78, 5) is 15.5. The topological polar surface area (TPSA) is 29.5 Å². The molecule has 1 heterocycles. The molecule has 0 unspecified atom stereocenters. The fourth-order valence-corrected chi connectivity index (χ4v) is 7.94. The van der Waals surface area contributed by atoms with Crippen molar-refractivity contribution >= 4 is 22.3 Å². The van der Waals surface area contributed by atoms with Crippen molar-refractivity contribution in [3.8, 4) is 11.5 Å². The van der Waals surface area contributed by atoms with Gasteiger partial charge in [-0.1, -0.05) is 83.6 Å². The summed E-state index contributed by atoms with van der Waals surface area (Å²) >= 11 is 0. The van der Waals surface area contributed by atoms with Crippen LogP contribution < -0.4 is 0 Å². The van der Waals surface area contributed by atoms with E-state index in [1.807, 2.05) is 23.1 Å². The van der Waals surface area contributed by atoms with Gasteiger partial charge in [0.25, 0.3) is 0 Å². The van der Waals surface area contributed by atoms with Crippen molar-refractivity contribution < 1.29 is 9.22 Å². The number of hydrogen-bond donors (Lipinski definition) is 0. The van der Waals surface area contributed by atoms with Crippen molar-refractivity contribution in [2.24, 2.45) is 5.92 Å². The number of hydrogen-bond acceptors (Lipinski definition) is 2. The number of amides is 1. The van der Waals surface area contributed by atoms with Gasteiger partial charge in [-0.3, -0.25) is 4.79 Å². The summed E-state index contributed by atoms with van der Waals surface area (Å²) in [6.45, 7) is 17.8. The maximum absolute atomic E-state index is 13.5. The number of β-lactam (4-membered cyclic amide) rings is 1. The highest BCUT2D eigenvalue weighted by molar-refractivity contribution is 6.83. The van der Waals surface area contributed by atoms with Crippen LogP contribution >= 0.6 is 0 Å². The van der Waals surface area contributed by atoms with E-state index < -0.39 is 16.4 Å². The third-order valence-electron chi connectivity index (χ3n) is 6.61. The number of rotatable bonds is 9. The number of carbonyl (C=O) groups excluding carboxylic acids is 1. The number of nitrogens with zero attached hydrogens (tertiary/aromatic N) is 1. The van der Waals surface area contributed by atoms with Gasteiger partial charge in [0, 0.05) is 0 Å². The molecule has 0 aliphatic carbocycles. The fourth-order valence-electron chi connectivity index (χ4n) is 4.40. The first-order valence-electron chi connectivity index (χ1n) is 11.7. The van der Waals surface area contributed by atoms with E-state index in [2.05, 4.69) is 77.9 Å². The van der Waals surface area contributed by atoms with E-state index in [0.717, 1.165) is 30.1 Å². The molecular weight excluding hydrogens is 402 g/mol. The van der Waals surface area contributed by atoms with Crippen LogP contribution in [-0.2, 0) is 9.22 Å². The molecule has 0 aromatic heterocycles. The Morgan fingerprint density at radius 2 is 1.60 bits per heavy atom. The van der Waals surface area contributed by atoms with Crippen molar-refractivity contribution in [2.45, 2.75) is 97.0 Å². The van der Waals surface area contributed by atoms with Crippen molar-refractivity contribution in [3.63, 3.8) is 0 Å². The van der Waals surface area contributed by atoms with E-state index >= 15 is 0 Å². The van der Waals surface area contributed by atoms with Crippen LogP contribution in [-0.4, -0.2) is 39.3 Å². The van der Waals surface area contributed by atoms with Gasteiger partial charge in [0.05, 0.1) is 18.1 Å². The number of likely N-dealkylation sites (tertiary alicyclic amines) is 1. The largest absolute Gasteiger partial charge is 0.413 e. The highest BCUT2D eigenvalue weighted by Crippen LogP contribution is 2.40. The van der Waals surface area contributed by atoms with Crippen molar-refractivity contribution in [3.05, 3.63) is 35.9 Å². The van der Waals surface area contributed by atoms with Gasteiger partial charge >= 0.3 is 0 Å². The molecule has 1 aromatic rings. The van der Waals surface area contributed by atoms with Crippen LogP contribution in [0, 0.1) is 17.4 Å². The molecule has 0 spiro atoms. The molecule has 30 heavy (non-hydrogen) atoms. The Labute approximate surface area is 186 Å². The minimum absolute atomic E-state index is 0.0239. The van der Waals surface area contributed by atoms with Gasteiger partial charge < -0.3 is 9.33 Å². The maximum atomic E-state index is 13.5. The molecule has 1 aliphatic heterocycles. The quantitative estimate of drug-likeness (QED) is 0.256. The first-order valence-corrected chi connectivity index (χ1v) is 17.7. The van der Waals surface area contributed by atoms with Crippen LogP contribution in [0.4, 0.5) is 0 Å². The Morgan fingerprint density at radius 1 is 1.03 bits per heavy atom. The third-order valence-corrected chi connectivity index (χ3v) is 12.2. The highest BCUT2D eigenvalue weighted by Gasteiger charge is 2.53. The molecule has 1 amide bonds. The minimum atomic E-state index is -1.79. The molecule has 0 N–H and O–H groups in total. The van der Waals surface area contributed by atoms with Crippen molar-refractivity contribution in [2.75, 3.05) is 0 Å². The van der Waals surface area contributed by atoms with Gasteiger partial charge in [0.15, 0.2) is 8.32 Å². The summed E-state index contributed by atoms with van der Waals surface area (Å²) in [7, 11) is -3.33. The highest BCUT2D eigenvalue weighted by atomic mass is 28.4. The second-order valence-electron chi connectivity index (χ2n) is 9.63. The summed E-state index contributed by atoms with van der Waals surface area (Å²) in [5.41, 5.74) is 4.71. The van der Waals surface area contributed by atoms with Gasteiger partial charge in [0.1, 0.15) is 14.1 Å². The fraction of sp³-hybridized carbons (Fsp3) is 0.640. The van der Waals surface area contributed by atoms with Crippen LogP contribution in [0.5, 0.6) is 0 Å². The van der Waals surface area contributed by atoms with E-state index in [1.165, 1.54) is 0 Å². The molecule has 0 bridgehead atoms. The van der Waals surface area contributed by atoms with Gasteiger partial charge in [-0.05, 0) is 37.0 Å². The lowest BCUT2D eigenvalue weighted by Gasteiger charge is -2.52. The molecule has 4 atom stereocenters. The molecule has 1 aromatic carbocycles. The van der Waals surface area contributed by atoms with Crippen molar-refractivity contribution in [1.29, 1.82) is 0 Å². The molecular formula is C25H41NO2Si2. The van der Waals surface area contributed by atoms with Crippen LogP contribution in [0.3, 0.4) is 0 Å². The summed E-state index contributed by atoms with van der Waals surface area (Å²) in [5, 5.41) is 0. The summed E-state index contributed by atoms with van der Waals surface area (Å²) in [6, 6.07) is 13.6. The summed E-state index contributed by atoms with van der Waals surface area (Å²) in [6.07, 6.45) is 0.841. The van der Waals surface area contributed by atoms with Gasteiger partial charge in [-0.15, -0.1) is 5.54 Å². The lowest BCUT2D eigenvalue weighted by Crippen LogP contribution is -2.65. The smallest absolute Gasteiger partial charge is 0.232 e. The lowest BCUT2D eigenvalue weighted by atomic mass is 9.80. The predicted octanol–water partition coefficient (Wildman–Crippen LogP) is 6.26. The zero-order valence-corrected chi connectivity index (χ0v) is 22.3. The zero-order valence-electron chi connectivity index (χ0n) is 20.3. The maximum Gasteiger partial charge on any atom is 0.232 e. The first-order chi connectivity index (χ1) is 14.1. The van der Waals surface area contributed by atoms with Crippen molar-refractivity contribution in [1.82, 2.24) is 4.90 Å². The molecule has 1 saturated heterocycles. The van der Waals surface area contributed by atoms with E-state index in [-0.39, 0.29) is 30.0 Å². The normalized spacial score (nSPS) is 21.5. The van der Waals surface area contributed by atoms with E-state index in [4.69, 9.17) is 4.43 Å². The number of benzene rings is 1. The van der Waals surface area contributed by atoms with Crippen LogP contribution in [0.15, 0.2) is 30.3 Å². The Bertz CT molecular complexity index is 751. The molecule has 5 heteroatoms. The molecule has 1 aliphatic rings. The monoisotopic (exact) mass is 443 g/mol. The van der Waals surface area contributed by atoms with Crippen LogP contribution in [0.1, 0.15) is 52.6 Å². The van der Waals surface area contributed by atoms with Gasteiger partial charge in [-0.25, -0.2) is 0 Å². The van der Waals surface area contributed by atoms with E-state index in [0.29, 0.717) is 0 Å². The Hall–Kier alpha value is -1.36. The SMILES string of the molecule is CC[C@H](O[Si](CC)(CC)CC)[C@@H]1C(=O)N([C@H](C)c2ccccc2)[C@@H]1C#C[Si](C)(C)C. The molecule has 1 fully saturated rings. The van der Waals surface area contributed by atoms with E-state index in [9.17, 15) is 4.79 Å². The lowest BCUT2D eigenvalue weighted by molar-refractivity contribution is -0.163. The third kappa shape index (κ3) is 5.46. The second-order valence-corrected chi connectivity index (χ2v) is 19.1. The second kappa shape index (κ2) is 10.3. The minimum Gasteiger partial charge on any atom is -0.413 e. The summed E-state index contributed by atoms with van der Waals surface area (Å²) in [5.74, 6) is 3.62. The number of carbonyl (C=O) groups is 1. The standard InChI is InChI=1S/C25H41NO2Si2/c1-9-23(28-30(10-2,11-3)12-4)24-22(18-19-29(6,7)8)26(25(24)27)20(5)21-16-14-13-15-17-21/h13-17,20,22-24H,9-12H2,1-8H3/t20-,22-,23+,24-/m1/s1. The van der Waals surface area contributed by atoms with Crippen LogP contribution in [0.2, 0.25) is 37.8 Å². The Balaban J connectivity index is 2.37. The average molecular weight is 444 g/mol.